The van der Waals surface area contributed by atoms with Crippen molar-refractivity contribution in [3.05, 3.63) is 21.9 Å². The van der Waals surface area contributed by atoms with Gasteiger partial charge in [-0.3, -0.25) is 9.89 Å². The molecule has 30 heavy (non-hydrogen) atoms. The second-order valence-corrected chi connectivity index (χ2v) is 10.8. The van der Waals surface area contributed by atoms with Crippen molar-refractivity contribution < 1.29 is 9.47 Å². The Morgan fingerprint density at radius 3 is 2.63 bits per heavy atom. The molecule has 0 spiro atoms. The Labute approximate surface area is 186 Å². The molecule has 0 bridgehead atoms. The maximum absolute atomic E-state index is 6.14. The van der Waals surface area contributed by atoms with Crippen LogP contribution in [-0.2, 0) is 9.47 Å². The third-order valence-electron chi connectivity index (χ3n) is 6.09. The average molecular weight is 437 g/mol. The summed E-state index contributed by atoms with van der Waals surface area (Å²) >= 11 is 1.89. The van der Waals surface area contributed by atoms with Crippen LogP contribution in [0.5, 0.6) is 0 Å². The van der Waals surface area contributed by atoms with Gasteiger partial charge < -0.3 is 20.1 Å². The van der Waals surface area contributed by atoms with Gasteiger partial charge in [0.2, 0.25) is 0 Å². The highest BCUT2D eigenvalue weighted by molar-refractivity contribution is 7.12. The summed E-state index contributed by atoms with van der Waals surface area (Å²) in [4.78, 5) is 9.78. The first kappa shape index (κ1) is 23.5. The highest BCUT2D eigenvalue weighted by atomic mass is 32.1. The van der Waals surface area contributed by atoms with E-state index in [0.717, 1.165) is 58.4 Å². The second kappa shape index (κ2) is 10.9. The Morgan fingerprint density at radius 2 is 2.00 bits per heavy atom. The maximum Gasteiger partial charge on any atom is 0.191 e. The van der Waals surface area contributed by atoms with Crippen molar-refractivity contribution in [1.82, 2.24) is 15.5 Å². The van der Waals surface area contributed by atoms with Crippen LogP contribution in [0.15, 0.2) is 17.1 Å². The molecular weight excluding hydrogens is 396 g/mol. The molecule has 3 unspecified atom stereocenters. The van der Waals surface area contributed by atoms with Crippen LogP contribution in [0.25, 0.3) is 0 Å². The van der Waals surface area contributed by atoms with Crippen molar-refractivity contribution in [2.24, 2.45) is 16.3 Å². The fourth-order valence-electron chi connectivity index (χ4n) is 4.58. The predicted molar refractivity (Wildman–Crippen MR) is 125 cm³/mol. The number of aliphatic imine (C=N–C) groups is 1. The largest absolute Gasteiger partial charge is 0.379 e. The van der Waals surface area contributed by atoms with Gasteiger partial charge in [-0.15, -0.1) is 11.3 Å². The number of guanidine groups is 1. The Balaban J connectivity index is 1.58. The van der Waals surface area contributed by atoms with Gasteiger partial charge in [0.15, 0.2) is 5.96 Å². The molecule has 3 heterocycles. The molecule has 7 heteroatoms. The molecule has 1 aromatic rings. The van der Waals surface area contributed by atoms with Crippen LogP contribution in [0, 0.1) is 18.3 Å². The molecule has 0 aliphatic carbocycles. The lowest BCUT2D eigenvalue weighted by Crippen LogP contribution is -2.49. The van der Waals surface area contributed by atoms with Gasteiger partial charge in [0.25, 0.3) is 0 Å². The highest BCUT2D eigenvalue weighted by Crippen LogP contribution is 2.33. The molecule has 3 rings (SSSR count). The molecule has 0 saturated carbocycles. The van der Waals surface area contributed by atoms with Crippen LogP contribution >= 0.6 is 11.3 Å². The molecule has 2 N–H and O–H groups in total. The van der Waals surface area contributed by atoms with E-state index < -0.39 is 0 Å². The first-order chi connectivity index (χ1) is 14.4. The van der Waals surface area contributed by atoms with E-state index >= 15 is 0 Å². The average Bonchev–Trinajstić information content (AvgIpc) is 3.16. The van der Waals surface area contributed by atoms with Crippen molar-refractivity contribution in [2.75, 3.05) is 53.0 Å². The number of nitrogens with one attached hydrogen (secondary N) is 2. The molecule has 2 aliphatic rings. The number of hydrogen-bond acceptors (Lipinski definition) is 5. The van der Waals surface area contributed by atoms with E-state index in [1.54, 1.807) is 0 Å². The van der Waals surface area contributed by atoms with Crippen LogP contribution in [-0.4, -0.2) is 70.0 Å². The third kappa shape index (κ3) is 6.42. The number of aryl methyl sites for hydroxylation is 1. The van der Waals surface area contributed by atoms with Gasteiger partial charge in [0, 0.05) is 55.5 Å². The van der Waals surface area contributed by atoms with Gasteiger partial charge in [0.05, 0.1) is 25.4 Å². The molecule has 0 amide bonds. The summed E-state index contributed by atoms with van der Waals surface area (Å²) < 4.78 is 11.7. The number of rotatable bonds is 6. The predicted octanol–water partition coefficient (Wildman–Crippen LogP) is 3.44. The lowest BCUT2D eigenvalue weighted by molar-refractivity contribution is -0.0835. The minimum atomic E-state index is 0.155. The summed E-state index contributed by atoms with van der Waals surface area (Å²) in [5, 5.41) is 7.17. The summed E-state index contributed by atoms with van der Waals surface area (Å²) in [5.41, 5.74) is 0.155. The third-order valence-corrected chi connectivity index (χ3v) is 7.19. The molecule has 170 valence electrons. The molecule has 3 atom stereocenters. The molecule has 0 radical (unpaired) electrons. The molecule has 1 aromatic heterocycles. The number of thiophene rings is 1. The van der Waals surface area contributed by atoms with Gasteiger partial charge >= 0.3 is 0 Å². The van der Waals surface area contributed by atoms with Crippen molar-refractivity contribution in [2.45, 2.75) is 52.7 Å². The highest BCUT2D eigenvalue weighted by Gasteiger charge is 2.35. The zero-order chi connectivity index (χ0) is 21.6. The fraction of sp³-hybridized carbons (Fsp3) is 0.783. The summed E-state index contributed by atoms with van der Waals surface area (Å²) in [6, 6.07) is 4.83. The SMILES string of the molecule is CN=C(NCC1CCCOC1C(C)(C)C)NCC(c1ccc(C)s1)N1CCOCC1. The van der Waals surface area contributed by atoms with E-state index in [1.807, 2.05) is 18.4 Å². The summed E-state index contributed by atoms with van der Waals surface area (Å²) in [6.07, 6.45) is 2.63. The fourth-order valence-corrected chi connectivity index (χ4v) is 5.59. The monoisotopic (exact) mass is 436 g/mol. The van der Waals surface area contributed by atoms with Crippen molar-refractivity contribution in [3.8, 4) is 0 Å². The number of hydrogen-bond donors (Lipinski definition) is 2. The molecule has 2 saturated heterocycles. The van der Waals surface area contributed by atoms with Crippen LogP contribution in [0.4, 0.5) is 0 Å². The van der Waals surface area contributed by atoms with E-state index in [-0.39, 0.29) is 11.5 Å². The Morgan fingerprint density at radius 1 is 1.23 bits per heavy atom. The molecule has 2 aliphatic heterocycles. The topological polar surface area (TPSA) is 58.1 Å². The minimum Gasteiger partial charge on any atom is -0.379 e. The summed E-state index contributed by atoms with van der Waals surface area (Å²) in [6.45, 7) is 15.2. The van der Waals surface area contributed by atoms with Crippen molar-refractivity contribution >= 4 is 17.3 Å². The van der Waals surface area contributed by atoms with Gasteiger partial charge in [-0.2, -0.15) is 0 Å². The Kier molecular flexibility index (Phi) is 8.57. The first-order valence-corrected chi connectivity index (χ1v) is 12.1. The van der Waals surface area contributed by atoms with E-state index in [2.05, 4.69) is 60.4 Å². The first-order valence-electron chi connectivity index (χ1n) is 11.3. The van der Waals surface area contributed by atoms with E-state index in [4.69, 9.17) is 9.47 Å². The van der Waals surface area contributed by atoms with Crippen molar-refractivity contribution in [3.63, 3.8) is 0 Å². The molecular formula is C23H40N4O2S. The van der Waals surface area contributed by atoms with Gasteiger partial charge in [-0.25, -0.2) is 0 Å². The molecule has 0 aromatic carbocycles. The second-order valence-electron chi connectivity index (χ2n) is 9.51. The van der Waals surface area contributed by atoms with E-state index in [1.165, 1.54) is 16.2 Å². The zero-order valence-electron chi connectivity index (χ0n) is 19.4. The maximum atomic E-state index is 6.14. The zero-order valence-corrected chi connectivity index (χ0v) is 20.2. The smallest absolute Gasteiger partial charge is 0.191 e. The Hall–Kier alpha value is -1.15. The van der Waals surface area contributed by atoms with Crippen LogP contribution in [0.1, 0.15) is 49.4 Å². The van der Waals surface area contributed by atoms with Gasteiger partial charge in [-0.1, -0.05) is 20.8 Å². The summed E-state index contributed by atoms with van der Waals surface area (Å²) in [5.74, 6) is 1.38. The normalized spacial score (nSPS) is 25.2. The van der Waals surface area contributed by atoms with E-state index in [9.17, 15) is 0 Å². The lowest BCUT2D eigenvalue weighted by Gasteiger charge is -2.40. The van der Waals surface area contributed by atoms with Gasteiger partial charge in [0.1, 0.15) is 0 Å². The quantitative estimate of drug-likeness (QED) is 0.528. The van der Waals surface area contributed by atoms with Crippen molar-refractivity contribution in [1.29, 1.82) is 0 Å². The van der Waals surface area contributed by atoms with Crippen LogP contribution in [0.2, 0.25) is 0 Å². The molecule has 6 nitrogen and oxygen atoms in total. The van der Waals surface area contributed by atoms with Crippen LogP contribution < -0.4 is 10.6 Å². The van der Waals surface area contributed by atoms with Gasteiger partial charge in [-0.05, 0) is 37.3 Å². The summed E-state index contributed by atoms with van der Waals surface area (Å²) in [7, 11) is 1.85. The lowest BCUT2D eigenvalue weighted by atomic mass is 9.78. The van der Waals surface area contributed by atoms with E-state index in [0.29, 0.717) is 12.0 Å². The number of morpholine rings is 1. The standard InChI is InChI=1S/C23H40N4O2S/c1-17-8-9-20(30-17)19(27-10-13-28-14-11-27)16-26-22(24-5)25-15-18-7-6-12-29-21(18)23(2,3)4/h8-9,18-19,21H,6-7,10-16H2,1-5H3,(H2,24,25,26). The Bertz CT molecular complexity index is 679. The molecule has 2 fully saturated rings. The minimum absolute atomic E-state index is 0.155. The van der Waals surface area contributed by atoms with Crippen LogP contribution in [0.3, 0.4) is 0 Å². The number of ether oxygens (including phenoxy) is 2. The number of nitrogens with zero attached hydrogens (tertiary/aromatic N) is 2.